The number of nitrogens with zero attached hydrogens (tertiary/aromatic N) is 1. The van der Waals surface area contributed by atoms with Gasteiger partial charge in [0.1, 0.15) is 17.5 Å². The lowest BCUT2D eigenvalue weighted by Crippen LogP contribution is -2.45. The van der Waals surface area contributed by atoms with Crippen molar-refractivity contribution in [3.05, 3.63) is 46.4 Å². The third-order valence-electron chi connectivity index (χ3n) is 3.84. The van der Waals surface area contributed by atoms with Gasteiger partial charge in [-0.1, -0.05) is 23.2 Å². The Morgan fingerprint density at radius 3 is 2.18 bits per heavy atom. The molecule has 0 fully saturated rings. The number of anilines is 2. The minimum atomic E-state index is -3.84. The molecule has 0 aliphatic heterocycles. The molecule has 0 heterocycles. The third kappa shape index (κ3) is 5.21. The molecule has 1 atom stereocenters. The number of nitrogens with one attached hydrogen (secondary N) is 1. The van der Waals surface area contributed by atoms with Crippen LogP contribution in [0.1, 0.15) is 6.92 Å². The monoisotopic (exact) mass is 446 g/mol. The van der Waals surface area contributed by atoms with Crippen LogP contribution in [-0.2, 0) is 14.8 Å². The Morgan fingerprint density at radius 1 is 1.07 bits per heavy atom. The summed E-state index contributed by atoms with van der Waals surface area (Å²) in [6, 6.07) is 8.11. The molecule has 0 aromatic heterocycles. The predicted molar refractivity (Wildman–Crippen MR) is 111 cm³/mol. The highest BCUT2D eigenvalue weighted by atomic mass is 35.5. The highest BCUT2D eigenvalue weighted by Crippen LogP contribution is 2.35. The number of hydrogen-bond acceptors (Lipinski definition) is 5. The lowest BCUT2D eigenvalue weighted by Gasteiger charge is -2.29. The van der Waals surface area contributed by atoms with Gasteiger partial charge in [0.05, 0.1) is 26.2 Å². The van der Waals surface area contributed by atoms with Gasteiger partial charge in [0.2, 0.25) is 15.9 Å². The Labute approximate surface area is 174 Å². The standard InChI is InChI=1S/C18H20Cl2N2O5S/c1-11(18(23)21-14-8-12(19)7-13(20)9-14)22(28(4,24)25)16-10-15(26-2)5-6-17(16)27-3/h5-11H,1-4H3,(H,21,23)/t11-/m1/s1. The molecule has 0 radical (unpaired) electrons. The number of ether oxygens (including phenoxy) is 2. The van der Waals surface area contributed by atoms with E-state index in [9.17, 15) is 13.2 Å². The van der Waals surface area contributed by atoms with E-state index >= 15 is 0 Å². The average molecular weight is 447 g/mol. The molecule has 28 heavy (non-hydrogen) atoms. The van der Waals surface area contributed by atoms with Gasteiger partial charge in [-0.05, 0) is 37.3 Å². The van der Waals surface area contributed by atoms with Gasteiger partial charge < -0.3 is 14.8 Å². The van der Waals surface area contributed by atoms with Crippen molar-refractivity contribution in [1.82, 2.24) is 0 Å². The van der Waals surface area contributed by atoms with E-state index in [1.807, 2.05) is 0 Å². The van der Waals surface area contributed by atoms with E-state index in [2.05, 4.69) is 5.32 Å². The molecule has 0 aliphatic rings. The first-order valence-electron chi connectivity index (χ1n) is 8.05. The molecule has 0 spiro atoms. The topological polar surface area (TPSA) is 84.9 Å². The van der Waals surface area contributed by atoms with Crippen molar-refractivity contribution in [2.75, 3.05) is 30.1 Å². The third-order valence-corrected chi connectivity index (χ3v) is 5.51. The number of carbonyl (C=O) groups is 1. The van der Waals surface area contributed by atoms with Gasteiger partial charge in [-0.25, -0.2) is 8.42 Å². The van der Waals surface area contributed by atoms with Crippen molar-refractivity contribution in [3.8, 4) is 11.5 Å². The first kappa shape index (κ1) is 22.1. The minimum Gasteiger partial charge on any atom is -0.497 e. The SMILES string of the molecule is COc1ccc(OC)c(N([C@H](C)C(=O)Nc2cc(Cl)cc(Cl)c2)S(C)(=O)=O)c1. The van der Waals surface area contributed by atoms with Gasteiger partial charge in [-0.2, -0.15) is 0 Å². The van der Waals surface area contributed by atoms with Crippen molar-refractivity contribution in [2.24, 2.45) is 0 Å². The number of benzene rings is 2. The summed E-state index contributed by atoms with van der Waals surface area (Å²) in [6.45, 7) is 1.46. The maximum absolute atomic E-state index is 12.8. The molecule has 7 nitrogen and oxygen atoms in total. The van der Waals surface area contributed by atoms with Gasteiger partial charge >= 0.3 is 0 Å². The number of halogens is 2. The van der Waals surface area contributed by atoms with Crippen LogP contribution in [0.25, 0.3) is 0 Å². The molecule has 1 amide bonds. The smallest absolute Gasteiger partial charge is 0.247 e. The molecular weight excluding hydrogens is 427 g/mol. The van der Waals surface area contributed by atoms with Crippen LogP contribution in [0.2, 0.25) is 10.0 Å². The van der Waals surface area contributed by atoms with Crippen molar-refractivity contribution in [3.63, 3.8) is 0 Å². The highest BCUT2D eigenvalue weighted by Gasteiger charge is 2.31. The van der Waals surface area contributed by atoms with Crippen LogP contribution in [0.4, 0.5) is 11.4 Å². The molecule has 1 N–H and O–H groups in total. The number of amides is 1. The second-order valence-corrected chi connectivity index (χ2v) is 8.65. The van der Waals surface area contributed by atoms with Gasteiger partial charge in [0.15, 0.2) is 0 Å². The first-order chi connectivity index (χ1) is 13.1. The molecule has 152 valence electrons. The van der Waals surface area contributed by atoms with E-state index in [1.165, 1.54) is 45.4 Å². The number of methoxy groups -OCH3 is 2. The molecule has 2 aromatic rings. The largest absolute Gasteiger partial charge is 0.497 e. The van der Waals surface area contributed by atoms with E-state index < -0.39 is 22.0 Å². The van der Waals surface area contributed by atoms with Crippen LogP contribution in [0.15, 0.2) is 36.4 Å². The molecule has 0 saturated heterocycles. The van der Waals surface area contributed by atoms with Crippen molar-refractivity contribution in [1.29, 1.82) is 0 Å². The molecular formula is C18H20Cl2N2O5S. The Kier molecular flexibility index (Phi) is 7.03. The fourth-order valence-electron chi connectivity index (χ4n) is 2.62. The van der Waals surface area contributed by atoms with Gasteiger partial charge in [-0.15, -0.1) is 0 Å². The zero-order valence-corrected chi connectivity index (χ0v) is 18.0. The Morgan fingerprint density at radius 2 is 1.68 bits per heavy atom. The Bertz CT molecular complexity index is 962. The van der Waals surface area contributed by atoms with Crippen LogP contribution in [0.5, 0.6) is 11.5 Å². The Balaban J connectivity index is 2.44. The second kappa shape index (κ2) is 8.89. The highest BCUT2D eigenvalue weighted by molar-refractivity contribution is 7.92. The fourth-order valence-corrected chi connectivity index (χ4v) is 4.32. The first-order valence-corrected chi connectivity index (χ1v) is 10.7. The molecule has 0 bridgehead atoms. The van der Waals surface area contributed by atoms with Crippen LogP contribution < -0.4 is 19.1 Å². The average Bonchev–Trinajstić information content (AvgIpc) is 2.59. The molecule has 0 saturated carbocycles. The van der Waals surface area contributed by atoms with E-state index in [0.29, 0.717) is 21.5 Å². The number of hydrogen-bond donors (Lipinski definition) is 1. The van der Waals surface area contributed by atoms with Crippen LogP contribution in [0.3, 0.4) is 0 Å². The minimum absolute atomic E-state index is 0.177. The van der Waals surface area contributed by atoms with E-state index in [1.54, 1.807) is 12.1 Å². The summed E-state index contributed by atoms with van der Waals surface area (Å²) in [5.41, 5.74) is 0.525. The summed E-state index contributed by atoms with van der Waals surface area (Å²) < 4.78 is 36.4. The summed E-state index contributed by atoms with van der Waals surface area (Å²) in [5, 5.41) is 3.30. The lowest BCUT2D eigenvalue weighted by atomic mass is 10.2. The predicted octanol–water partition coefficient (Wildman–Crippen LogP) is 3.80. The zero-order chi connectivity index (χ0) is 21.1. The number of sulfonamides is 1. The van der Waals surface area contributed by atoms with E-state index in [4.69, 9.17) is 32.7 Å². The van der Waals surface area contributed by atoms with Crippen molar-refractivity contribution < 1.29 is 22.7 Å². The maximum atomic E-state index is 12.8. The molecule has 10 heteroatoms. The summed E-state index contributed by atoms with van der Waals surface area (Å²) in [7, 11) is -0.983. The lowest BCUT2D eigenvalue weighted by molar-refractivity contribution is -0.116. The second-order valence-electron chi connectivity index (χ2n) is 5.92. The van der Waals surface area contributed by atoms with Crippen LogP contribution in [0, 0.1) is 0 Å². The van der Waals surface area contributed by atoms with Crippen molar-refractivity contribution in [2.45, 2.75) is 13.0 Å². The van der Waals surface area contributed by atoms with Crippen molar-refractivity contribution >= 4 is 50.5 Å². The quantitative estimate of drug-likeness (QED) is 0.698. The normalized spacial score (nSPS) is 12.2. The van der Waals surface area contributed by atoms with E-state index in [-0.39, 0.29) is 11.4 Å². The summed E-state index contributed by atoms with van der Waals surface area (Å²) in [6.07, 6.45) is 1.01. The summed E-state index contributed by atoms with van der Waals surface area (Å²) >= 11 is 11.9. The number of carbonyl (C=O) groups excluding carboxylic acids is 1. The molecule has 2 rings (SSSR count). The van der Waals surface area contributed by atoms with Gasteiger partial charge in [0.25, 0.3) is 0 Å². The summed E-state index contributed by atoms with van der Waals surface area (Å²) in [4.78, 5) is 12.8. The Hall–Kier alpha value is -2.16. The van der Waals surface area contributed by atoms with E-state index in [0.717, 1.165) is 10.6 Å². The summed E-state index contributed by atoms with van der Waals surface area (Å²) in [5.74, 6) is 0.115. The fraction of sp³-hybridized carbons (Fsp3) is 0.278. The molecule has 0 unspecified atom stereocenters. The molecule has 2 aromatic carbocycles. The molecule has 0 aliphatic carbocycles. The van der Waals surface area contributed by atoms with Gasteiger partial charge in [0, 0.05) is 21.8 Å². The van der Waals surface area contributed by atoms with Crippen LogP contribution in [-0.4, -0.2) is 40.8 Å². The zero-order valence-electron chi connectivity index (χ0n) is 15.7. The number of rotatable bonds is 7. The van der Waals surface area contributed by atoms with Crippen LogP contribution >= 0.6 is 23.2 Å². The maximum Gasteiger partial charge on any atom is 0.247 e. The van der Waals surface area contributed by atoms with Gasteiger partial charge in [-0.3, -0.25) is 9.10 Å².